The maximum atomic E-state index is 12.0. The number of aromatic hydroxyl groups is 1. The van der Waals surface area contributed by atoms with Crippen molar-refractivity contribution in [3.8, 4) is 5.88 Å². The van der Waals surface area contributed by atoms with Gasteiger partial charge in [0.1, 0.15) is 0 Å². The predicted molar refractivity (Wildman–Crippen MR) is 93.6 cm³/mol. The Morgan fingerprint density at radius 3 is 2.54 bits per heavy atom. The van der Waals surface area contributed by atoms with E-state index in [4.69, 9.17) is 0 Å². The van der Waals surface area contributed by atoms with Gasteiger partial charge >= 0.3 is 0 Å². The van der Waals surface area contributed by atoms with E-state index >= 15 is 0 Å². The first-order valence-electron chi connectivity index (χ1n) is 7.99. The topological polar surface area (TPSA) is 66.9 Å². The maximum absolute atomic E-state index is 12.0. The van der Waals surface area contributed by atoms with E-state index < -0.39 is 0 Å². The van der Waals surface area contributed by atoms with Crippen LogP contribution in [0.15, 0.2) is 64.8 Å². The average Bonchev–Trinajstić information content (AvgIpc) is 2.86. The largest absolute Gasteiger partial charge is 0.493 e. The van der Waals surface area contributed by atoms with Crippen LogP contribution in [-0.4, -0.2) is 15.6 Å². The quantitative estimate of drug-likeness (QED) is 0.697. The first-order valence-corrected chi connectivity index (χ1v) is 7.99. The summed E-state index contributed by atoms with van der Waals surface area (Å²) in [5.74, 6) is -0.290. The molecule has 1 amide bonds. The molecule has 1 aromatic heterocycles. The van der Waals surface area contributed by atoms with Gasteiger partial charge in [-0.1, -0.05) is 55.5 Å². The van der Waals surface area contributed by atoms with Crippen LogP contribution in [0.25, 0.3) is 10.9 Å². The summed E-state index contributed by atoms with van der Waals surface area (Å²) in [5.41, 5.74) is 2.13. The molecule has 0 unspecified atom stereocenters. The Kier molecular flexibility index (Phi) is 4.70. The zero-order valence-electron chi connectivity index (χ0n) is 13.5. The summed E-state index contributed by atoms with van der Waals surface area (Å²) in [6.45, 7) is 2.72. The minimum atomic E-state index is -0.340. The van der Waals surface area contributed by atoms with Crippen molar-refractivity contribution in [1.29, 1.82) is 0 Å². The number of nitrogens with zero attached hydrogens (tertiary/aromatic N) is 3. The van der Waals surface area contributed by atoms with Gasteiger partial charge in [0.2, 0.25) is 5.88 Å². The highest BCUT2D eigenvalue weighted by molar-refractivity contribution is 5.95. The van der Waals surface area contributed by atoms with Crippen LogP contribution in [0.3, 0.4) is 0 Å². The molecule has 1 N–H and O–H groups in total. The number of fused-ring (bicyclic) bond motifs is 1. The molecule has 0 radical (unpaired) electrons. The minimum absolute atomic E-state index is 0.0503. The molecule has 0 fully saturated rings. The number of hydrogen-bond acceptors (Lipinski definition) is 3. The molecule has 0 atom stereocenters. The number of rotatable bonds is 5. The van der Waals surface area contributed by atoms with Crippen LogP contribution in [0.4, 0.5) is 5.69 Å². The lowest BCUT2D eigenvalue weighted by Crippen LogP contribution is -1.97. The van der Waals surface area contributed by atoms with Crippen molar-refractivity contribution in [3.63, 3.8) is 0 Å². The van der Waals surface area contributed by atoms with E-state index in [-0.39, 0.29) is 18.2 Å². The highest BCUT2D eigenvalue weighted by Crippen LogP contribution is 2.38. The van der Waals surface area contributed by atoms with Crippen molar-refractivity contribution in [2.45, 2.75) is 26.3 Å². The molecule has 2 aromatic carbocycles. The summed E-state index contributed by atoms with van der Waals surface area (Å²) in [7, 11) is 0. The fourth-order valence-electron chi connectivity index (χ4n) is 2.73. The van der Waals surface area contributed by atoms with Gasteiger partial charge in [-0.2, -0.15) is 0 Å². The highest BCUT2D eigenvalue weighted by Gasteiger charge is 2.16. The molecule has 0 aliphatic carbocycles. The normalized spacial score (nSPS) is 11.4. The molecule has 5 nitrogen and oxygen atoms in total. The number of aromatic nitrogens is 1. The summed E-state index contributed by atoms with van der Waals surface area (Å²) in [6, 6.07) is 17.0. The monoisotopic (exact) mass is 321 g/mol. The van der Waals surface area contributed by atoms with Gasteiger partial charge in [0.05, 0.1) is 11.9 Å². The molecule has 122 valence electrons. The number of carbonyl (C=O) groups is 1. The Bertz CT molecular complexity index is 882. The third kappa shape index (κ3) is 3.20. The van der Waals surface area contributed by atoms with Gasteiger partial charge < -0.3 is 9.67 Å². The molecular weight excluding hydrogens is 302 g/mol. The number of para-hydroxylation sites is 1. The fourth-order valence-corrected chi connectivity index (χ4v) is 2.73. The first kappa shape index (κ1) is 15.9. The van der Waals surface area contributed by atoms with E-state index in [1.165, 1.54) is 0 Å². The van der Waals surface area contributed by atoms with Crippen LogP contribution >= 0.6 is 0 Å². The summed E-state index contributed by atoms with van der Waals surface area (Å²) in [4.78, 5) is 12.0. The van der Waals surface area contributed by atoms with Gasteiger partial charge in [0.15, 0.2) is 5.69 Å². The second-order valence-corrected chi connectivity index (χ2v) is 5.60. The van der Waals surface area contributed by atoms with E-state index in [0.29, 0.717) is 12.2 Å². The third-order valence-corrected chi connectivity index (χ3v) is 3.82. The standard InChI is InChI=1S/C19H19N3O2/c1-2-12-22-16-11-7-6-10-15(16)18(19(22)24)21-20-17(23)13-14-8-4-3-5-9-14/h3-11,24H,2,12-13H2,1H3. The Morgan fingerprint density at radius 1 is 1.08 bits per heavy atom. The van der Waals surface area contributed by atoms with Crippen LogP contribution in [0.2, 0.25) is 0 Å². The second-order valence-electron chi connectivity index (χ2n) is 5.60. The van der Waals surface area contributed by atoms with Crippen LogP contribution < -0.4 is 0 Å². The molecule has 24 heavy (non-hydrogen) atoms. The fraction of sp³-hybridized carbons (Fsp3) is 0.211. The van der Waals surface area contributed by atoms with E-state index in [2.05, 4.69) is 10.2 Å². The number of amides is 1. The molecule has 5 heteroatoms. The summed E-state index contributed by atoms with van der Waals surface area (Å²) >= 11 is 0. The van der Waals surface area contributed by atoms with Crippen molar-refractivity contribution in [2.75, 3.05) is 0 Å². The van der Waals surface area contributed by atoms with Gasteiger partial charge in [-0.15, -0.1) is 10.2 Å². The molecule has 0 aliphatic heterocycles. The molecule has 0 saturated heterocycles. The van der Waals surface area contributed by atoms with Crippen molar-refractivity contribution in [2.24, 2.45) is 10.2 Å². The SMILES string of the molecule is CCCn1c(O)c(N=NC(=O)Cc2ccccc2)c2ccccc21. The highest BCUT2D eigenvalue weighted by atomic mass is 16.3. The van der Waals surface area contributed by atoms with Gasteiger partial charge in [-0.25, -0.2) is 0 Å². The number of carbonyl (C=O) groups excluding carboxylic acids is 1. The Balaban J connectivity index is 1.89. The molecule has 3 aromatic rings. The van der Waals surface area contributed by atoms with E-state index in [9.17, 15) is 9.90 Å². The number of benzene rings is 2. The molecular formula is C19H19N3O2. The lowest BCUT2D eigenvalue weighted by molar-refractivity contribution is -0.117. The number of hydrogen-bond donors (Lipinski definition) is 1. The Labute approximate surface area is 140 Å². The van der Waals surface area contributed by atoms with Crippen LogP contribution in [0, 0.1) is 0 Å². The Hall–Kier alpha value is -2.95. The smallest absolute Gasteiger partial charge is 0.269 e. The lowest BCUT2D eigenvalue weighted by Gasteiger charge is -2.03. The van der Waals surface area contributed by atoms with Crippen molar-refractivity contribution < 1.29 is 9.90 Å². The zero-order valence-corrected chi connectivity index (χ0v) is 13.5. The van der Waals surface area contributed by atoms with Gasteiger partial charge in [0, 0.05) is 11.9 Å². The van der Waals surface area contributed by atoms with Crippen LogP contribution in [-0.2, 0) is 17.8 Å². The summed E-state index contributed by atoms with van der Waals surface area (Å²) in [5, 5.41) is 19.1. The van der Waals surface area contributed by atoms with Gasteiger partial charge in [-0.05, 0) is 18.1 Å². The van der Waals surface area contributed by atoms with Crippen LogP contribution in [0.5, 0.6) is 5.88 Å². The minimum Gasteiger partial charge on any atom is -0.493 e. The molecule has 0 bridgehead atoms. The van der Waals surface area contributed by atoms with E-state index in [0.717, 1.165) is 22.9 Å². The molecule has 0 aliphatic rings. The maximum Gasteiger partial charge on any atom is 0.269 e. The Morgan fingerprint density at radius 2 is 1.79 bits per heavy atom. The van der Waals surface area contributed by atoms with Crippen molar-refractivity contribution >= 4 is 22.5 Å². The average molecular weight is 321 g/mol. The summed E-state index contributed by atoms with van der Waals surface area (Å²) < 4.78 is 1.80. The molecule has 3 rings (SSSR count). The first-order chi connectivity index (χ1) is 11.7. The van der Waals surface area contributed by atoms with E-state index in [1.807, 2.05) is 61.5 Å². The second kappa shape index (κ2) is 7.08. The molecule has 1 heterocycles. The van der Waals surface area contributed by atoms with E-state index in [1.54, 1.807) is 4.57 Å². The molecule has 0 saturated carbocycles. The van der Waals surface area contributed by atoms with Crippen molar-refractivity contribution in [3.05, 3.63) is 60.2 Å². The van der Waals surface area contributed by atoms with Crippen molar-refractivity contribution in [1.82, 2.24) is 4.57 Å². The van der Waals surface area contributed by atoms with Gasteiger partial charge in [0.25, 0.3) is 5.91 Å². The number of aryl methyl sites for hydroxylation is 1. The predicted octanol–water partition coefficient (Wildman–Crippen LogP) is 4.61. The molecule has 0 spiro atoms. The number of azo groups is 1. The van der Waals surface area contributed by atoms with Crippen LogP contribution in [0.1, 0.15) is 18.9 Å². The lowest BCUT2D eigenvalue weighted by atomic mass is 10.1. The van der Waals surface area contributed by atoms with Gasteiger partial charge in [-0.3, -0.25) is 4.79 Å². The summed E-state index contributed by atoms with van der Waals surface area (Å²) in [6.07, 6.45) is 1.08. The third-order valence-electron chi connectivity index (χ3n) is 3.82. The zero-order chi connectivity index (χ0) is 16.9.